The smallest absolute Gasteiger partial charge is 0.156 e. The zero-order chi connectivity index (χ0) is 30.0. The third-order valence-electron chi connectivity index (χ3n) is 7.66. The number of nitrogens with one attached hydrogen (secondary N) is 1. The summed E-state index contributed by atoms with van der Waals surface area (Å²) in [5.41, 5.74) is 5.28. The summed E-state index contributed by atoms with van der Waals surface area (Å²) in [4.78, 5) is 9.30. The predicted molar refractivity (Wildman–Crippen MR) is 172 cm³/mol. The van der Waals surface area contributed by atoms with Crippen LogP contribution >= 0.6 is 23.2 Å². The van der Waals surface area contributed by atoms with Gasteiger partial charge in [-0.3, -0.25) is 4.98 Å². The fraction of sp³-hybridized carbons (Fsp3) is 0.143. The molecule has 0 fully saturated rings. The Morgan fingerprint density at radius 2 is 1.63 bits per heavy atom. The molecule has 0 radical (unpaired) electrons. The molecule has 6 nitrogen and oxygen atoms in total. The molecular weight excluding hydrogens is 579 g/mol. The first-order chi connectivity index (χ1) is 20.8. The molecule has 43 heavy (non-hydrogen) atoms. The van der Waals surface area contributed by atoms with Crippen LogP contribution in [0.1, 0.15) is 28.1 Å². The van der Waals surface area contributed by atoms with Gasteiger partial charge in [0.25, 0.3) is 0 Å². The summed E-state index contributed by atoms with van der Waals surface area (Å²) < 4.78 is 7.09. The van der Waals surface area contributed by atoms with Gasteiger partial charge >= 0.3 is 0 Å². The Morgan fingerprint density at radius 1 is 0.860 bits per heavy atom. The number of aromatic nitrogens is 3. The van der Waals surface area contributed by atoms with Gasteiger partial charge in [0.1, 0.15) is 5.75 Å². The van der Waals surface area contributed by atoms with Crippen LogP contribution in [-0.2, 0) is 25.7 Å². The molecule has 0 aliphatic heterocycles. The molecule has 0 bridgehead atoms. The first kappa shape index (κ1) is 28.9. The Hall–Kier alpha value is -4.20. The van der Waals surface area contributed by atoms with E-state index < -0.39 is 5.60 Å². The summed E-state index contributed by atoms with van der Waals surface area (Å²) in [6, 6.07) is 31.0. The second-order valence-electron chi connectivity index (χ2n) is 10.5. The Kier molecular flexibility index (Phi) is 8.19. The van der Waals surface area contributed by atoms with E-state index in [1.165, 1.54) is 0 Å². The van der Waals surface area contributed by atoms with Gasteiger partial charge in [-0.05, 0) is 82.4 Å². The van der Waals surface area contributed by atoms with Crippen molar-refractivity contribution in [3.63, 3.8) is 0 Å². The average Bonchev–Trinajstić information content (AvgIpc) is 3.47. The largest absolute Gasteiger partial charge is 0.497 e. The van der Waals surface area contributed by atoms with E-state index in [-0.39, 0.29) is 0 Å². The highest BCUT2D eigenvalue weighted by atomic mass is 35.5. The lowest BCUT2D eigenvalue weighted by molar-refractivity contribution is 0.117. The van der Waals surface area contributed by atoms with E-state index in [2.05, 4.69) is 16.4 Å². The SMILES string of the molecule is COc1ccc(CNCc2cc(-c3cccc(Cl)c3)c3cc(C(O)(c4ccc(Cl)cc4)c4cncn4C)ccc3n2)cc1. The van der Waals surface area contributed by atoms with Gasteiger partial charge in [-0.25, -0.2) is 4.98 Å². The molecule has 2 heterocycles. The normalized spacial score (nSPS) is 12.8. The van der Waals surface area contributed by atoms with E-state index in [1.54, 1.807) is 31.8 Å². The van der Waals surface area contributed by atoms with Gasteiger partial charge in [0.2, 0.25) is 0 Å². The van der Waals surface area contributed by atoms with Crippen molar-refractivity contribution in [2.75, 3.05) is 7.11 Å². The van der Waals surface area contributed by atoms with Crippen LogP contribution in [0.15, 0.2) is 110 Å². The number of benzene rings is 4. The number of aliphatic hydroxyl groups is 1. The van der Waals surface area contributed by atoms with E-state index >= 15 is 0 Å². The van der Waals surface area contributed by atoms with Gasteiger partial charge in [0.05, 0.1) is 36.5 Å². The highest BCUT2D eigenvalue weighted by molar-refractivity contribution is 6.31. The number of ether oxygens (including phenoxy) is 1. The van der Waals surface area contributed by atoms with Gasteiger partial charge in [-0.2, -0.15) is 0 Å². The molecule has 6 aromatic rings. The number of fused-ring (bicyclic) bond motifs is 1. The van der Waals surface area contributed by atoms with Crippen molar-refractivity contribution in [3.8, 4) is 16.9 Å². The number of nitrogens with zero attached hydrogens (tertiary/aromatic N) is 3. The van der Waals surface area contributed by atoms with Crippen LogP contribution < -0.4 is 10.1 Å². The maximum absolute atomic E-state index is 12.5. The molecular formula is C35H30Cl2N4O2. The third kappa shape index (κ3) is 5.88. The molecule has 0 spiro atoms. The molecule has 6 rings (SSSR count). The molecule has 0 aliphatic rings. The summed E-state index contributed by atoms with van der Waals surface area (Å²) >= 11 is 12.7. The summed E-state index contributed by atoms with van der Waals surface area (Å²) in [5.74, 6) is 0.830. The minimum Gasteiger partial charge on any atom is -0.497 e. The van der Waals surface area contributed by atoms with Crippen LogP contribution in [0.2, 0.25) is 10.0 Å². The second kappa shape index (κ2) is 12.2. The zero-order valence-corrected chi connectivity index (χ0v) is 25.3. The van der Waals surface area contributed by atoms with Crippen molar-refractivity contribution in [1.29, 1.82) is 0 Å². The first-order valence-electron chi connectivity index (χ1n) is 13.8. The monoisotopic (exact) mass is 608 g/mol. The number of hydrogen-bond acceptors (Lipinski definition) is 5. The highest BCUT2D eigenvalue weighted by Gasteiger charge is 2.37. The van der Waals surface area contributed by atoms with Crippen molar-refractivity contribution in [1.82, 2.24) is 19.9 Å². The fourth-order valence-electron chi connectivity index (χ4n) is 5.43. The number of hydrogen-bond donors (Lipinski definition) is 2. The number of methoxy groups -OCH3 is 1. The number of pyridine rings is 1. The van der Waals surface area contributed by atoms with Crippen molar-refractivity contribution in [2.24, 2.45) is 7.05 Å². The molecule has 8 heteroatoms. The Labute approximate surface area is 260 Å². The van der Waals surface area contributed by atoms with Crippen LogP contribution in [0, 0.1) is 0 Å². The topological polar surface area (TPSA) is 72.2 Å². The van der Waals surface area contributed by atoms with Gasteiger partial charge in [-0.15, -0.1) is 0 Å². The molecule has 2 aromatic heterocycles. The van der Waals surface area contributed by atoms with Crippen LogP contribution in [0.5, 0.6) is 5.75 Å². The lowest BCUT2D eigenvalue weighted by Crippen LogP contribution is -2.31. The molecule has 0 aliphatic carbocycles. The van der Waals surface area contributed by atoms with Gasteiger partial charge in [-0.1, -0.05) is 65.7 Å². The van der Waals surface area contributed by atoms with Gasteiger partial charge < -0.3 is 19.7 Å². The fourth-order valence-corrected chi connectivity index (χ4v) is 5.75. The number of halogens is 2. The van der Waals surface area contributed by atoms with Crippen molar-refractivity contribution in [2.45, 2.75) is 18.7 Å². The zero-order valence-electron chi connectivity index (χ0n) is 23.8. The van der Waals surface area contributed by atoms with E-state index in [0.29, 0.717) is 40.0 Å². The average molecular weight is 610 g/mol. The van der Waals surface area contributed by atoms with E-state index in [4.69, 9.17) is 32.9 Å². The quantitative estimate of drug-likeness (QED) is 0.177. The standard InChI is InChI=1S/C35H30Cl2N4O2/c1-41-22-39-21-34(41)35(42,25-8-11-27(36)12-9-25)26-10-15-33-32(17-26)31(24-4-3-5-28(37)16-24)18-29(40-33)20-38-19-23-6-13-30(43-2)14-7-23/h3-18,21-22,38,42H,19-20H2,1-2H3. The molecule has 4 aromatic carbocycles. The lowest BCUT2D eigenvalue weighted by Gasteiger charge is -2.30. The van der Waals surface area contributed by atoms with E-state index in [9.17, 15) is 5.11 Å². The maximum Gasteiger partial charge on any atom is 0.156 e. The number of imidazole rings is 1. The molecule has 0 amide bonds. The van der Waals surface area contributed by atoms with Crippen molar-refractivity contribution >= 4 is 34.1 Å². The summed E-state index contributed by atoms with van der Waals surface area (Å²) in [6.45, 7) is 1.26. The van der Waals surface area contributed by atoms with Crippen LogP contribution in [0.25, 0.3) is 22.0 Å². The Morgan fingerprint density at radius 3 is 2.33 bits per heavy atom. The molecule has 216 valence electrons. The van der Waals surface area contributed by atoms with Crippen molar-refractivity contribution < 1.29 is 9.84 Å². The minimum absolute atomic E-state index is 0.570. The van der Waals surface area contributed by atoms with Crippen LogP contribution in [-0.4, -0.2) is 26.8 Å². The number of aryl methyl sites for hydroxylation is 1. The molecule has 1 unspecified atom stereocenters. The van der Waals surface area contributed by atoms with Crippen molar-refractivity contribution in [3.05, 3.63) is 148 Å². The van der Waals surface area contributed by atoms with E-state index in [1.807, 2.05) is 90.5 Å². The lowest BCUT2D eigenvalue weighted by atomic mass is 9.82. The Balaban J connectivity index is 1.44. The van der Waals surface area contributed by atoms with Gasteiger partial charge in [0, 0.05) is 35.6 Å². The number of rotatable bonds is 9. The highest BCUT2D eigenvalue weighted by Crippen LogP contribution is 2.40. The predicted octanol–water partition coefficient (Wildman–Crippen LogP) is 7.52. The molecule has 1 atom stereocenters. The minimum atomic E-state index is -1.49. The van der Waals surface area contributed by atoms with E-state index in [0.717, 1.165) is 39.0 Å². The molecule has 2 N–H and O–H groups in total. The molecule has 0 saturated heterocycles. The summed E-state index contributed by atoms with van der Waals surface area (Å²) in [7, 11) is 3.53. The Bertz CT molecular complexity index is 1890. The summed E-state index contributed by atoms with van der Waals surface area (Å²) in [5, 5.41) is 18.1. The van der Waals surface area contributed by atoms with Crippen LogP contribution in [0.4, 0.5) is 0 Å². The third-order valence-corrected chi connectivity index (χ3v) is 8.15. The summed E-state index contributed by atoms with van der Waals surface area (Å²) in [6.07, 6.45) is 3.37. The molecule has 0 saturated carbocycles. The second-order valence-corrected chi connectivity index (χ2v) is 11.3. The van der Waals surface area contributed by atoms with Gasteiger partial charge in [0.15, 0.2) is 5.60 Å². The van der Waals surface area contributed by atoms with Crippen LogP contribution in [0.3, 0.4) is 0 Å². The first-order valence-corrected chi connectivity index (χ1v) is 14.6. The maximum atomic E-state index is 12.5.